The van der Waals surface area contributed by atoms with Crippen molar-refractivity contribution in [2.45, 2.75) is 13.5 Å². The normalized spacial score (nSPS) is 10.2. The number of phenols is 1. The maximum absolute atomic E-state index is 12.3. The van der Waals surface area contributed by atoms with Gasteiger partial charge in [0, 0.05) is 18.1 Å². The van der Waals surface area contributed by atoms with Crippen LogP contribution in [-0.2, 0) is 16.1 Å². The first-order valence-corrected chi connectivity index (χ1v) is 7.51. The van der Waals surface area contributed by atoms with Crippen molar-refractivity contribution in [3.05, 3.63) is 59.1 Å². The van der Waals surface area contributed by atoms with Crippen molar-refractivity contribution in [3.63, 3.8) is 0 Å². The molecule has 0 unspecified atom stereocenters. The summed E-state index contributed by atoms with van der Waals surface area (Å²) in [5.74, 6) is -1.64. The van der Waals surface area contributed by atoms with E-state index in [1.54, 1.807) is 6.92 Å². The number of amides is 2. The van der Waals surface area contributed by atoms with Crippen LogP contribution in [0, 0.1) is 0 Å². The fourth-order valence-corrected chi connectivity index (χ4v) is 2.23. The van der Waals surface area contributed by atoms with E-state index in [-0.39, 0.29) is 11.4 Å². The number of rotatable bonds is 4. The van der Waals surface area contributed by atoms with Crippen LogP contribution >= 0.6 is 11.6 Å². The molecule has 0 saturated carbocycles. The van der Waals surface area contributed by atoms with E-state index >= 15 is 0 Å². The quantitative estimate of drug-likeness (QED) is 0.668. The molecule has 2 rings (SSSR count). The summed E-state index contributed by atoms with van der Waals surface area (Å²) in [5, 5.41) is 12.4. The second-order valence-electron chi connectivity index (χ2n) is 4.92. The third-order valence-corrected chi connectivity index (χ3v) is 3.52. The lowest BCUT2D eigenvalue weighted by atomic mass is 10.2. The van der Waals surface area contributed by atoms with E-state index in [9.17, 15) is 14.7 Å². The van der Waals surface area contributed by atoms with Crippen LogP contribution in [0.25, 0.3) is 0 Å². The van der Waals surface area contributed by atoms with Crippen LogP contribution < -0.4 is 5.32 Å². The number of carbonyl (C=O) groups is 2. The van der Waals surface area contributed by atoms with E-state index in [4.69, 9.17) is 11.6 Å². The summed E-state index contributed by atoms with van der Waals surface area (Å²) in [6.45, 7) is 2.53. The zero-order chi connectivity index (χ0) is 16.8. The van der Waals surface area contributed by atoms with E-state index in [1.165, 1.54) is 23.1 Å². The van der Waals surface area contributed by atoms with Crippen molar-refractivity contribution in [1.29, 1.82) is 0 Å². The van der Waals surface area contributed by atoms with E-state index in [2.05, 4.69) is 5.32 Å². The number of halogens is 1. The molecule has 5 nitrogen and oxygen atoms in total. The number of phenolic OH excluding ortho intramolecular Hbond substituents is 1. The molecule has 23 heavy (non-hydrogen) atoms. The van der Waals surface area contributed by atoms with Crippen LogP contribution in [0.1, 0.15) is 12.5 Å². The highest BCUT2D eigenvalue weighted by Gasteiger charge is 2.21. The first-order chi connectivity index (χ1) is 11.0. The molecular weight excluding hydrogens is 316 g/mol. The minimum absolute atomic E-state index is 0.103. The number of likely N-dealkylation sites (N-methyl/N-ethyl adjacent to an activating group) is 1. The maximum atomic E-state index is 12.3. The van der Waals surface area contributed by atoms with Crippen LogP contribution in [0.15, 0.2) is 48.5 Å². The fraction of sp³-hybridized carbons (Fsp3) is 0.176. The average Bonchev–Trinajstić information content (AvgIpc) is 2.56. The number of nitrogens with one attached hydrogen (secondary N) is 1. The largest absolute Gasteiger partial charge is 0.506 e. The number of carbonyl (C=O) groups excluding carboxylic acids is 2. The summed E-state index contributed by atoms with van der Waals surface area (Å²) < 4.78 is 0. The molecule has 2 aromatic carbocycles. The van der Waals surface area contributed by atoms with Gasteiger partial charge in [-0.3, -0.25) is 9.59 Å². The summed E-state index contributed by atoms with van der Waals surface area (Å²) in [4.78, 5) is 25.8. The van der Waals surface area contributed by atoms with Crippen LogP contribution in [0.5, 0.6) is 5.75 Å². The number of nitrogens with zero attached hydrogens (tertiary/aromatic N) is 1. The standard InChI is InChI=1S/C17H17ClN2O3/c1-2-20(11-12-6-4-3-5-7-12)17(23)16(22)19-14-10-13(18)8-9-15(14)21/h3-10,21H,2,11H2,1H3,(H,19,22). The molecule has 2 N–H and O–H groups in total. The molecule has 2 aromatic rings. The molecule has 0 aliphatic heterocycles. The third-order valence-electron chi connectivity index (χ3n) is 3.29. The SMILES string of the molecule is CCN(Cc1ccccc1)C(=O)C(=O)Nc1cc(Cl)ccc1O. The molecule has 0 heterocycles. The summed E-state index contributed by atoms with van der Waals surface area (Å²) >= 11 is 5.82. The molecule has 0 bridgehead atoms. The lowest BCUT2D eigenvalue weighted by Crippen LogP contribution is -2.39. The Kier molecular flexibility index (Phi) is 5.60. The third kappa shape index (κ3) is 4.47. The zero-order valence-corrected chi connectivity index (χ0v) is 13.4. The molecule has 2 amide bonds. The van der Waals surface area contributed by atoms with E-state index in [0.717, 1.165) is 5.56 Å². The number of benzene rings is 2. The van der Waals surface area contributed by atoms with Crippen molar-refractivity contribution >= 4 is 29.1 Å². The molecule has 0 aliphatic rings. The molecule has 0 aliphatic carbocycles. The number of hydrogen-bond donors (Lipinski definition) is 2. The topological polar surface area (TPSA) is 69.6 Å². The Hall–Kier alpha value is -2.53. The second-order valence-corrected chi connectivity index (χ2v) is 5.36. The van der Waals surface area contributed by atoms with Gasteiger partial charge in [-0.1, -0.05) is 41.9 Å². The Bertz CT molecular complexity index is 704. The first-order valence-electron chi connectivity index (χ1n) is 7.14. The van der Waals surface area contributed by atoms with Gasteiger partial charge < -0.3 is 15.3 Å². The van der Waals surface area contributed by atoms with Gasteiger partial charge in [0.05, 0.1) is 5.69 Å². The van der Waals surface area contributed by atoms with E-state index in [1.807, 2.05) is 30.3 Å². The van der Waals surface area contributed by atoms with Gasteiger partial charge in [0.25, 0.3) is 0 Å². The van der Waals surface area contributed by atoms with Crippen molar-refractivity contribution < 1.29 is 14.7 Å². The predicted molar refractivity (Wildman–Crippen MR) is 89.3 cm³/mol. The molecule has 0 radical (unpaired) electrons. The van der Waals surface area contributed by atoms with Crippen LogP contribution in [0.3, 0.4) is 0 Å². The predicted octanol–water partition coefficient (Wildman–Crippen LogP) is 3.03. The average molecular weight is 333 g/mol. The van der Waals surface area contributed by atoms with Gasteiger partial charge in [-0.2, -0.15) is 0 Å². The molecule has 0 aromatic heterocycles. The fourth-order valence-electron chi connectivity index (χ4n) is 2.06. The highest BCUT2D eigenvalue weighted by atomic mass is 35.5. The summed E-state index contributed by atoms with van der Waals surface area (Å²) in [7, 11) is 0. The molecule has 0 fully saturated rings. The van der Waals surface area contributed by atoms with Crippen LogP contribution in [0.2, 0.25) is 5.02 Å². The van der Waals surface area contributed by atoms with E-state index < -0.39 is 11.8 Å². The number of anilines is 1. The van der Waals surface area contributed by atoms with Crippen molar-refractivity contribution in [2.75, 3.05) is 11.9 Å². The van der Waals surface area contributed by atoms with Gasteiger partial charge in [0.15, 0.2) is 0 Å². The minimum Gasteiger partial charge on any atom is -0.506 e. The maximum Gasteiger partial charge on any atom is 0.314 e. The summed E-state index contributed by atoms with van der Waals surface area (Å²) in [6, 6.07) is 13.6. The zero-order valence-electron chi connectivity index (χ0n) is 12.6. The van der Waals surface area contributed by atoms with Gasteiger partial charge in [0.2, 0.25) is 0 Å². The van der Waals surface area contributed by atoms with Gasteiger partial charge in [-0.25, -0.2) is 0 Å². The summed E-state index contributed by atoms with van der Waals surface area (Å²) in [5.41, 5.74) is 1.03. The van der Waals surface area contributed by atoms with Crippen molar-refractivity contribution in [2.24, 2.45) is 0 Å². The first kappa shape index (κ1) is 16.8. The molecule has 6 heteroatoms. The van der Waals surface area contributed by atoms with Gasteiger partial charge in [0.1, 0.15) is 5.75 Å². The van der Waals surface area contributed by atoms with Crippen molar-refractivity contribution in [3.8, 4) is 5.75 Å². The van der Waals surface area contributed by atoms with Gasteiger partial charge >= 0.3 is 11.8 Å². The van der Waals surface area contributed by atoms with Gasteiger partial charge in [-0.05, 0) is 30.7 Å². The smallest absolute Gasteiger partial charge is 0.314 e. The van der Waals surface area contributed by atoms with Crippen molar-refractivity contribution in [1.82, 2.24) is 4.90 Å². The number of aromatic hydroxyl groups is 1. The lowest BCUT2D eigenvalue weighted by Gasteiger charge is -2.20. The summed E-state index contributed by atoms with van der Waals surface area (Å²) in [6.07, 6.45) is 0. The molecule has 0 saturated heterocycles. The molecular formula is C17H17ClN2O3. The minimum atomic E-state index is -0.819. The van der Waals surface area contributed by atoms with E-state index in [0.29, 0.717) is 18.1 Å². The monoisotopic (exact) mass is 332 g/mol. The highest BCUT2D eigenvalue weighted by Crippen LogP contribution is 2.26. The molecule has 120 valence electrons. The lowest BCUT2D eigenvalue weighted by molar-refractivity contribution is -0.143. The Balaban J connectivity index is 2.08. The Morgan fingerprint density at radius 2 is 1.87 bits per heavy atom. The highest BCUT2D eigenvalue weighted by molar-refractivity contribution is 6.40. The Morgan fingerprint density at radius 1 is 1.17 bits per heavy atom. The van der Waals surface area contributed by atoms with Gasteiger partial charge in [-0.15, -0.1) is 0 Å². The van der Waals surface area contributed by atoms with Crippen LogP contribution in [0.4, 0.5) is 5.69 Å². The molecule has 0 atom stereocenters. The Morgan fingerprint density at radius 3 is 2.52 bits per heavy atom. The number of hydrogen-bond acceptors (Lipinski definition) is 3. The van der Waals surface area contributed by atoms with Crippen LogP contribution in [-0.4, -0.2) is 28.4 Å². The second kappa shape index (κ2) is 7.65. The molecule has 0 spiro atoms. The Labute approximate surface area is 139 Å².